The fourth-order valence-corrected chi connectivity index (χ4v) is 7.96. The largest absolute Gasteiger partial charge is 0.245 e. The van der Waals surface area contributed by atoms with Crippen molar-refractivity contribution in [3.8, 4) is 11.3 Å². The third-order valence-electron chi connectivity index (χ3n) is 10.2. The minimum atomic E-state index is -0.128. The normalized spacial score (nSPS) is 15.1. The van der Waals surface area contributed by atoms with Crippen molar-refractivity contribution in [1.82, 2.24) is 9.97 Å². The molecule has 0 spiro atoms. The molecule has 220 valence electrons. The zero-order valence-electron chi connectivity index (χ0n) is 26.3. The standard InChI is InChI=1S/C45H30N2/c1-45(2)23-22-35(41-21-19-29-17-16-28-18-20-40(27-10-4-3-5-11-27)46-43(28)44(29)47-41)39-25-30-24-37-33-14-8-6-12-31(33)32-13-7-9-15-34(32)38(37)26-36(30)42(39)45/h3-26H,1-2H3. The summed E-state index contributed by atoms with van der Waals surface area (Å²) < 4.78 is 0. The molecular formula is C45H30N2. The van der Waals surface area contributed by atoms with Gasteiger partial charge in [0.15, 0.2) is 0 Å². The van der Waals surface area contributed by atoms with E-state index >= 15 is 0 Å². The van der Waals surface area contributed by atoms with Crippen LogP contribution < -0.4 is 10.4 Å². The molecule has 2 heteroatoms. The van der Waals surface area contributed by atoms with Gasteiger partial charge < -0.3 is 0 Å². The van der Waals surface area contributed by atoms with Crippen molar-refractivity contribution in [2.24, 2.45) is 5.41 Å². The topological polar surface area (TPSA) is 25.8 Å². The van der Waals surface area contributed by atoms with Gasteiger partial charge in [0.1, 0.15) is 0 Å². The number of fused-ring (bicyclic) bond motifs is 11. The van der Waals surface area contributed by atoms with Crippen LogP contribution in [0.2, 0.25) is 0 Å². The van der Waals surface area contributed by atoms with Gasteiger partial charge >= 0.3 is 0 Å². The van der Waals surface area contributed by atoms with Gasteiger partial charge in [-0.15, -0.1) is 0 Å². The molecule has 0 unspecified atom stereocenters. The van der Waals surface area contributed by atoms with Crippen molar-refractivity contribution >= 4 is 71.3 Å². The minimum Gasteiger partial charge on any atom is -0.245 e. The zero-order chi connectivity index (χ0) is 31.3. The lowest BCUT2D eigenvalue weighted by Crippen LogP contribution is -2.28. The van der Waals surface area contributed by atoms with Gasteiger partial charge in [0.2, 0.25) is 0 Å². The molecule has 0 atom stereocenters. The molecule has 47 heavy (non-hydrogen) atoms. The number of aromatic nitrogens is 2. The molecule has 0 fully saturated rings. The zero-order valence-corrected chi connectivity index (χ0v) is 26.3. The summed E-state index contributed by atoms with van der Waals surface area (Å²) in [6.45, 7) is 4.66. The second-order valence-electron chi connectivity index (χ2n) is 13.4. The number of hydrogen-bond acceptors (Lipinski definition) is 2. The molecule has 0 N–H and O–H groups in total. The Bertz CT molecular complexity index is 2850. The molecule has 2 nitrogen and oxygen atoms in total. The number of benzene rings is 6. The van der Waals surface area contributed by atoms with E-state index in [2.05, 4.69) is 153 Å². The Balaban J connectivity index is 1.24. The predicted octanol–water partition coefficient (Wildman–Crippen LogP) is 9.90. The van der Waals surface area contributed by atoms with E-state index in [4.69, 9.17) is 9.97 Å². The van der Waals surface area contributed by atoms with E-state index in [9.17, 15) is 0 Å². The van der Waals surface area contributed by atoms with Crippen LogP contribution in [0.5, 0.6) is 0 Å². The van der Waals surface area contributed by atoms with Crippen LogP contribution in [0.3, 0.4) is 0 Å². The van der Waals surface area contributed by atoms with Crippen molar-refractivity contribution in [3.05, 3.63) is 161 Å². The number of rotatable bonds is 2. The maximum absolute atomic E-state index is 5.36. The summed E-state index contributed by atoms with van der Waals surface area (Å²) in [5, 5.41) is 12.6. The van der Waals surface area contributed by atoms with Crippen molar-refractivity contribution < 1.29 is 0 Å². The molecule has 8 aromatic rings. The van der Waals surface area contributed by atoms with Gasteiger partial charge in [-0.05, 0) is 84.2 Å². The highest BCUT2D eigenvalue weighted by Crippen LogP contribution is 2.45. The summed E-state index contributed by atoms with van der Waals surface area (Å²) in [5.74, 6) is 0. The maximum atomic E-state index is 5.36. The molecule has 0 amide bonds. The van der Waals surface area contributed by atoms with Crippen LogP contribution in [0.25, 0.3) is 82.6 Å². The Hall–Kier alpha value is -5.86. The highest BCUT2D eigenvalue weighted by molar-refractivity contribution is 6.25. The lowest BCUT2D eigenvalue weighted by Gasteiger charge is -2.29. The molecule has 0 aliphatic heterocycles. The van der Waals surface area contributed by atoms with Gasteiger partial charge in [-0.25, -0.2) is 9.97 Å². The predicted molar refractivity (Wildman–Crippen MR) is 198 cm³/mol. The van der Waals surface area contributed by atoms with E-state index in [1.807, 2.05) is 6.07 Å². The van der Waals surface area contributed by atoms with Crippen LogP contribution in [0.4, 0.5) is 0 Å². The Morgan fingerprint density at radius 1 is 0.489 bits per heavy atom. The number of hydrogen-bond donors (Lipinski definition) is 0. The second-order valence-corrected chi connectivity index (χ2v) is 13.4. The first-order chi connectivity index (χ1) is 23.0. The Morgan fingerprint density at radius 3 is 1.68 bits per heavy atom. The summed E-state index contributed by atoms with van der Waals surface area (Å²) >= 11 is 0. The average molecular weight is 599 g/mol. The average Bonchev–Trinajstić information content (AvgIpc) is 3.51. The number of allylic oxidation sites excluding steroid dienone is 4. The van der Waals surface area contributed by atoms with E-state index in [0.29, 0.717) is 0 Å². The maximum Gasteiger partial charge on any atom is 0.0972 e. The third-order valence-corrected chi connectivity index (χ3v) is 10.2. The fourth-order valence-electron chi connectivity index (χ4n) is 7.96. The van der Waals surface area contributed by atoms with Crippen LogP contribution in [-0.2, 0) is 0 Å². The van der Waals surface area contributed by atoms with Gasteiger partial charge in [-0.1, -0.05) is 129 Å². The second kappa shape index (κ2) is 9.57. The highest BCUT2D eigenvalue weighted by Gasteiger charge is 2.32. The fraction of sp³-hybridized carbons (Fsp3) is 0.0667. The van der Waals surface area contributed by atoms with Crippen LogP contribution in [-0.4, -0.2) is 9.97 Å². The molecule has 0 radical (unpaired) electrons. The monoisotopic (exact) mass is 598 g/mol. The smallest absolute Gasteiger partial charge is 0.0972 e. The Kier molecular flexibility index (Phi) is 5.37. The van der Waals surface area contributed by atoms with Gasteiger partial charge in [-0.3, -0.25) is 0 Å². The van der Waals surface area contributed by atoms with Crippen molar-refractivity contribution in [1.29, 1.82) is 0 Å². The van der Waals surface area contributed by atoms with Crippen molar-refractivity contribution in [2.45, 2.75) is 13.8 Å². The number of pyridine rings is 2. The molecule has 0 saturated carbocycles. The van der Waals surface area contributed by atoms with Crippen LogP contribution in [0.15, 0.2) is 145 Å². The molecule has 10 rings (SSSR count). The van der Waals surface area contributed by atoms with E-state index in [-0.39, 0.29) is 5.41 Å². The van der Waals surface area contributed by atoms with Gasteiger partial charge in [0.25, 0.3) is 0 Å². The quantitative estimate of drug-likeness (QED) is 0.185. The molecule has 6 aromatic carbocycles. The van der Waals surface area contributed by atoms with Gasteiger partial charge in [0, 0.05) is 27.3 Å². The molecule has 2 heterocycles. The first kappa shape index (κ1) is 26.4. The highest BCUT2D eigenvalue weighted by atomic mass is 14.8. The summed E-state index contributed by atoms with van der Waals surface area (Å²) in [4.78, 5) is 10.5. The lowest BCUT2D eigenvalue weighted by atomic mass is 9.74. The molecule has 0 bridgehead atoms. The minimum absolute atomic E-state index is 0.128. The number of nitrogens with zero attached hydrogens (tertiary/aromatic N) is 2. The third kappa shape index (κ3) is 3.85. The van der Waals surface area contributed by atoms with Crippen LogP contribution >= 0.6 is 0 Å². The Labute approximate surface area is 272 Å². The van der Waals surface area contributed by atoms with Crippen molar-refractivity contribution in [3.63, 3.8) is 0 Å². The van der Waals surface area contributed by atoms with E-state index in [1.54, 1.807) is 0 Å². The molecule has 2 aliphatic rings. The van der Waals surface area contributed by atoms with E-state index in [1.165, 1.54) is 53.9 Å². The summed E-state index contributed by atoms with van der Waals surface area (Å²) in [6.07, 6.45) is 7.04. The Morgan fingerprint density at radius 2 is 1.02 bits per heavy atom. The van der Waals surface area contributed by atoms with Crippen LogP contribution in [0.1, 0.15) is 19.5 Å². The molecule has 2 aliphatic carbocycles. The van der Waals surface area contributed by atoms with E-state index in [0.717, 1.165) is 44.3 Å². The summed E-state index contributed by atoms with van der Waals surface area (Å²) in [6, 6.07) is 45.9. The molecule has 0 saturated heterocycles. The molecule has 2 aromatic heterocycles. The SMILES string of the molecule is CC1(C)C=CC(c2ccc3ccc4ccc(-c5ccccc5)nc4c3n2)=C2C=c3cc4c5ccccc5c5ccccc5c4cc3=C21. The lowest BCUT2D eigenvalue weighted by molar-refractivity contribution is 0.645. The van der Waals surface area contributed by atoms with Gasteiger partial charge in [-0.2, -0.15) is 0 Å². The van der Waals surface area contributed by atoms with Gasteiger partial charge in [0.05, 0.1) is 22.4 Å². The first-order valence-corrected chi connectivity index (χ1v) is 16.3. The first-order valence-electron chi connectivity index (χ1n) is 16.3. The van der Waals surface area contributed by atoms with Crippen LogP contribution in [0, 0.1) is 5.41 Å². The summed E-state index contributed by atoms with van der Waals surface area (Å²) in [7, 11) is 0. The van der Waals surface area contributed by atoms with E-state index < -0.39 is 0 Å². The van der Waals surface area contributed by atoms with Crippen molar-refractivity contribution in [2.75, 3.05) is 0 Å². The molecular weight excluding hydrogens is 569 g/mol. The summed E-state index contributed by atoms with van der Waals surface area (Å²) in [5.41, 5.74) is 8.57.